The first-order chi connectivity index (χ1) is 19.2. The highest BCUT2D eigenvalue weighted by Crippen LogP contribution is 2.32. The molecule has 192 valence electrons. The largest absolute Gasteiger partial charge is 0.352 e. The molecule has 3 N–H and O–H groups in total. The Balaban J connectivity index is 1.31. The predicted octanol–water partition coefficient (Wildman–Crippen LogP) is 5.66. The minimum atomic E-state index is 0.726. The molecule has 0 fully saturated rings. The van der Waals surface area contributed by atoms with Crippen LogP contribution in [0.15, 0.2) is 91.3 Å². The summed E-state index contributed by atoms with van der Waals surface area (Å²) >= 11 is 1.71. The van der Waals surface area contributed by atoms with Crippen molar-refractivity contribution in [2.24, 2.45) is 0 Å². The molecule has 0 spiro atoms. The highest BCUT2D eigenvalue weighted by molar-refractivity contribution is 7.13. The lowest BCUT2D eigenvalue weighted by Crippen LogP contribution is -2.23. The smallest absolute Gasteiger partial charge is 0.116 e. The number of H-pyrrole nitrogens is 2. The van der Waals surface area contributed by atoms with Gasteiger partial charge in [-0.1, -0.05) is 49.1 Å². The summed E-state index contributed by atoms with van der Waals surface area (Å²) in [6, 6.07) is 18.9. The minimum absolute atomic E-state index is 0.726. The Morgan fingerprint density at radius 1 is 0.974 bits per heavy atom. The molecule has 0 unspecified atom stereocenters. The highest BCUT2D eigenvalue weighted by atomic mass is 32.1. The van der Waals surface area contributed by atoms with Gasteiger partial charge in [0.1, 0.15) is 5.69 Å². The summed E-state index contributed by atoms with van der Waals surface area (Å²) in [6.45, 7) is 7.91. The number of benzene rings is 1. The zero-order chi connectivity index (χ0) is 26.6. The monoisotopic (exact) mass is 528 g/mol. The van der Waals surface area contributed by atoms with Crippen LogP contribution in [0.2, 0.25) is 0 Å². The molecule has 5 aromatic heterocycles. The van der Waals surface area contributed by atoms with Gasteiger partial charge in [0.2, 0.25) is 0 Å². The number of hydrogen-bond donors (Lipinski definition) is 3. The highest BCUT2D eigenvalue weighted by Gasteiger charge is 2.13. The van der Waals surface area contributed by atoms with Crippen molar-refractivity contribution in [3.05, 3.63) is 119 Å². The molecule has 0 amide bonds. The molecule has 0 saturated heterocycles. The van der Waals surface area contributed by atoms with E-state index in [1.54, 1.807) is 11.3 Å². The molecule has 0 bridgehead atoms. The Labute approximate surface area is 230 Å². The molecule has 6 aromatic rings. The summed E-state index contributed by atoms with van der Waals surface area (Å²) in [5, 5.41) is 16.5. The Morgan fingerprint density at radius 3 is 2.64 bits per heavy atom. The van der Waals surface area contributed by atoms with Crippen LogP contribution in [0.4, 0.5) is 0 Å². The second-order valence-electron chi connectivity index (χ2n) is 9.34. The third-order valence-electron chi connectivity index (χ3n) is 6.69. The Morgan fingerprint density at radius 2 is 1.82 bits per heavy atom. The van der Waals surface area contributed by atoms with E-state index in [0.717, 1.165) is 68.2 Å². The Bertz CT molecular complexity index is 1860. The van der Waals surface area contributed by atoms with Crippen molar-refractivity contribution >= 4 is 40.0 Å². The summed E-state index contributed by atoms with van der Waals surface area (Å²) in [5.41, 5.74) is 8.07. The first kappa shape index (κ1) is 24.7. The van der Waals surface area contributed by atoms with E-state index in [9.17, 15) is 0 Å². The van der Waals surface area contributed by atoms with Crippen LogP contribution < -0.4 is 15.9 Å². The molecular formula is C32H28N6S. The van der Waals surface area contributed by atoms with E-state index >= 15 is 0 Å². The molecule has 7 heteroatoms. The fourth-order valence-corrected chi connectivity index (χ4v) is 5.46. The van der Waals surface area contributed by atoms with Crippen molar-refractivity contribution < 1.29 is 0 Å². The number of aromatic amines is 2. The zero-order valence-electron chi connectivity index (χ0n) is 21.6. The van der Waals surface area contributed by atoms with Crippen LogP contribution in [0.25, 0.3) is 50.5 Å². The van der Waals surface area contributed by atoms with E-state index in [1.807, 2.05) is 43.9 Å². The topological polar surface area (TPSA) is 82.3 Å². The molecule has 39 heavy (non-hydrogen) atoms. The molecule has 0 aliphatic carbocycles. The molecule has 1 aromatic carbocycles. The fraction of sp³-hybridized carbons (Fsp3) is 0.0938. The van der Waals surface area contributed by atoms with Crippen molar-refractivity contribution in [2.75, 3.05) is 0 Å². The number of hydrogen-bond acceptors (Lipinski definition) is 5. The van der Waals surface area contributed by atoms with Gasteiger partial charge >= 0.3 is 0 Å². The van der Waals surface area contributed by atoms with E-state index in [0.29, 0.717) is 0 Å². The third kappa shape index (κ3) is 5.23. The molecule has 6 rings (SSSR count). The van der Waals surface area contributed by atoms with Crippen LogP contribution >= 0.6 is 11.3 Å². The van der Waals surface area contributed by atoms with Crippen LogP contribution in [0, 0.1) is 0 Å². The predicted molar refractivity (Wildman–Crippen MR) is 161 cm³/mol. The number of fused-ring (bicyclic) bond motifs is 1. The summed E-state index contributed by atoms with van der Waals surface area (Å²) in [5.74, 6) is 0. The maximum atomic E-state index is 4.68. The summed E-state index contributed by atoms with van der Waals surface area (Å²) < 4.78 is 0. The lowest BCUT2D eigenvalue weighted by atomic mass is 10.1. The second-order valence-corrected chi connectivity index (χ2v) is 10.3. The van der Waals surface area contributed by atoms with Crippen molar-refractivity contribution in [1.29, 1.82) is 0 Å². The van der Waals surface area contributed by atoms with Gasteiger partial charge in [0.15, 0.2) is 0 Å². The average Bonchev–Trinajstić information content (AvgIpc) is 3.73. The first-order valence-electron chi connectivity index (χ1n) is 12.8. The van der Waals surface area contributed by atoms with Crippen molar-refractivity contribution in [3.63, 3.8) is 0 Å². The van der Waals surface area contributed by atoms with Gasteiger partial charge in [-0.25, -0.2) is 0 Å². The average molecular weight is 529 g/mol. The normalized spacial score (nSPS) is 12.4. The van der Waals surface area contributed by atoms with Gasteiger partial charge < -0.3 is 10.3 Å². The zero-order valence-corrected chi connectivity index (χ0v) is 22.4. The number of nitrogens with zero attached hydrogens (tertiary/aromatic N) is 3. The van der Waals surface area contributed by atoms with Gasteiger partial charge in [-0.15, -0.1) is 11.3 Å². The van der Waals surface area contributed by atoms with E-state index in [-0.39, 0.29) is 0 Å². The lowest BCUT2D eigenvalue weighted by molar-refractivity contribution is 0.691. The van der Waals surface area contributed by atoms with Gasteiger partial charge in [-0.3, -0.25) is 15.1 Å². The summed E-state index contributed by atoms with van der Waals surface area (Å²) in [4.78, 5) is 13.7. The van der Waals surface area contributed by atoms with Crippen LogP contribution in [0.3, 0.4) is 0 Å². The van der Waals surface area contributed by atoms with E-state index in [2.05, 4.69) is 97.0 Å². The van der Waals surface area contributed by atoms with Gasteiger partial charge in [-0.05, 0) is 58.8 Å². The molecule has 0 atom stereocenters. The van der Waals surface area contributed by atoms with E-state index < -0.39 is 0 Å². The molecule has 0 radical (unpaired) electrons. The molecule has 0 aliphatic heterocycles. The molecule has 6 nitrogen and oxygen atoms in total. The van der Waals surface area contributed by atoms with Crippen molar-refractivity contribution in [3.8, 4) is 21.8 Å². The van der Waals surface area contributed by atoms with Crippen molar-refractivity contribution in [1.82, 2.24) is 30.5 Å². The maximum absolute atomic E-state index is 4.68. The lowest BCUT2D eigenvalue weighted by Gasteiger charge is -2.07. The van der Waals surface area contributed by atoms with Gasteiger partial charge in [0.25, 0.3) is 0 Å². The molecular weight excluding hydrogens is 500 g/mol. The van der Waals surface area contributed by atoms with Crippen LogP contribution in [-0.2, 0) is 13.1 Å². The number of rotatable bonds is 8. The maximum Gasteiger partial charge on any atom is 0.116 e. The summed E-state index contributed by atoms with van der Waals surface area (Å²) in [6.07, 6.45) is 11.6. The second kappa shape index (κ2) is 11.0. The standard InChI is InChI=1S/C32H28N6S/c1-3-28-26(12-21(2)24-13-23(17-34-18-24)16-33-15-22-8-5-4-6-9-22)32(38-37-28)29-14-25-27(31-10-7-11-39-31)19-35-20-30(25)36-29/h3-14,17-20,33,36-37H,2,15-16H2,1H3/b26-12+,28-3+. The summed E-state index contributed by atoms with van der Waals surface area (Å²) in [7, 11) is 0. The van der Waals surface area contributed by atoms with E-state index in [4.69, 9.17) is 0 Å². The fourth-order valence-electron chi connectivity index (χ4n) is 4.71. The van der Waals surface area contributed by atoms with Crippen LogP contribution in [0.1, 0.15) is 23.6 Å². The van der Waals surface area contributed by atoms with Crippen LogP contribution in [0.5, 0.6) is 0 Å². The Kier molecular flexibility index (Phi) is 6.99. The molecule has 0 aliphatic rings. The van der Waals surface area contributed by atoms with E-state index in [1.165, 1.54) is 10.4 Å². The number of thiophene rings is 1. The first-order valence-corrected chi connectivity index (χ1v) is 13.7. The number of aromatic nitrogens is 5. The van der Waals surface area contributed by atoms with Crippen molar-refractivity contribution in [2.45, 2.75) is 20.0 Å². The van der Waals surface area contributed by atoms with Gasteiger partial charge in [-0.2, -0.15) is 5.10 Å². The Hall–Kier alpha value is -4.59. The minimum Gasteiger partial charge on any atom is -0.352 e. The number of pyridine rings is 2. The quantitative estimate of drug-likeness (QED) is 0.238. The van der Waals surface area contributed by atoms with Gasteiger partial charge in [0, 0.05) is 52.7 Å². The molecule has 0 saturated carbocycles. The molecule has 5 heterocycles. The van der Waals surface area contributed by atoms with Crippen LogP contribution in [-0.4, -0.2) is 25.1 Å². The number of allylic oxidation sites excluding steroid dienone is 1. The van der Waals surface area contributed by atoms with Gasteiger partial charge in [0.05, 0.1) is 22.8 Å². The number of nitrogens with one attached hydrogen (secondary N) is 3. The SMILES string of the molecule is C=C(/C=c1/c(-c2cc3c(-c4cccs4)cncc3[nH]2)n[nH]/c1=C/C)c1cncc(CNCc2ccccc2)c1. The third-order valence-corrected chi connectivity index (χ3v) is 7.60.